The van der Waals surface area contributed by atoms with Gasteiger partial charge in [0.2, 0.25) is 0 Å². The topological polar surface area (TPSA) is 106 Å². The molecule has 5 atom stereocenters. The van der Waals surface area contributed by atoms with Crippen LogP contribution in [-0.2, 0) is 25.6 Å². The molecule has 5 unspecified atom stereocenters. The first-order valence-corrected chi connectivity index (χ1v) is 10.1. The van der Waals surface area contributed by atoms with Gasteiger partial charge in [0.05, 0.1) is 23.0 Å². The number of ketones is 5. The van der Waals surface area contributed by atoms with Gasteiger partial charge in [0.25, 0.3) is 0 Å². The number of aromatic hydroxyl groups is 1. The monoisotopic (exact) mass is 448 g/mol. The van der Waals surface area contributed by atoms with Gasteiger partial charge in [-0.2, -0.15) is 13.2 Å². The van der Waals surface area contributed by atoms with E-state index in [0.29, 0.717) is 0 Å². The summed E-state index contributed by atoms with van der Waals surface area (Å²) in [7, 11) is 0. The Hall–Kier alpha value is -3.10. The Morgan fingerprint density at radius 2 is 1.66 bits per heavy atom. The number of hydrogen-bond acceptors (Lipinski definition) is 6. The van der Waals surface area contributed by atoms with Gasteiger partial charge in [0, 0.05) is 6.42 Å². The van der Waals surface area contributed by atoms with E-state index >= 15 is 0 Å². The van der Waals surface area contributed by atoms with Crippen LogP contribution in [0.3, 0.4) is 0 Å². The molecule has 3 aliphatic carbocycles. The number of halogens is 3. The highest BCUT2D eigenvalue weighted by Crippen LogP contribution is 2.49. The Morgan fingerprint density at radius 1 is 1.03 bits per heavy atom. The molecule has 0 saturated heterocycles. The third-order valence-electron chi connectivity index (χ3n) is 6.90. The van der Waals surface area contributed by atoms with Crippen molar-refractivity contribution in [2.24, 2.45) is 29.6 Å². The fourth-order valence-electron chi connectivity index (χ4n) is 5.55. The Balaban J connectivity index is 1.79. The molecule has 0 radical (unpaired) electrons. The molecule has 1 aromatic carbocycles. The van der Waals surface area contributed by atoms with Gasteiger partial charge >= 0.3 is 6.18 Å². The van der Waals surface area contributed by atoms with E-state index < -0.39 is 76.0 Å². The van der Waals surface area contributed by atoms with Crippen molar-refractivity contribution in [3.8, 4) is 5.75 Å². The lowest BCUT2D eigenvalue weighted by Crippen LogP contribution is -2.55. The Bertz CT molecular complexity index is 1120. The van der Waals surface area contributed by atoms with Crippen molar-refractivity contribution in [1.29, 1.82) is 0 Å². The van der Waals surface area contributed by atoms with Gasteiger partial charge in [0.1, 0.15) is 17.5 Å². The zero-order valence-electron chi connectivity index (χ0n) is 17.0. The van der Waals surface area contributed by atoms with Crippen LogP contribution in [-0.4, -0.2) is 40.2 Å². The van der Waals surface area contributed by atoms with Crippen molar-refractivity contribution < 1.29 is 42.3 Å². The first-order valence-electron chi connectivity index (χ1n) is 10.1. The first-order chi connectivity index (χ1) is 14.8. The molecule has 0 aliphatic heterocycles. The summed E-state index contributed by atoms with van der Waals surface area (Å²) in [6, 6.07) is 1.99. The minimum absolute atomic E-state index is 0.0418. The van der Waals surface area contributed by atoms with E-state index in [1.165, 1.54) is 0 Å². The molecular formula is C23H19F3O6. The molecule has 0 bridgehead atoms. The van der Waals surface area contributed by atoms with Crippen LogP contribution < -0.4 is 0 Å². The van der Waals surface area contributed by atoms with Crippen LogP contribution in [0.5, 0.6) is 5.75 Å². The van der Waals surface area contributed by atoms with Crippen molar-refractivity contribution in [2.45, 2.75) is 32.4 Å². The van der Waals surface area contributed by atoms with Crippen molar-refractivity contribution in [1.82, 2.24) is 0 Å². The lowest BCUT2D eigenvalue weighted by molar-refractivity contribution is -0.152. The molecule has 2 saturated carbocycles. The number of allylic oxidation sites excluding steroid dienone is 1. The van der Waals surface area contributed by atoms with Gasteiger partial charge in [-0.1, -0.05) is 12.6 Å². The summed E-state index contributed by atoms with van der Waals surface area (Å²) >= 11 is 0. The van der Waals surface area contributed by atoms with Crippen LogP contribution in [0, 0.1) is 29.6 Å². The number of phenolic OH excluding ortho intramolecular Hbond substituents is 1. The van der Waals surface area contributed by atoms with E-state index in [-0.39, 0.29) is 36.0 Å². The summed E-state index contributed by atoms with van der Waals surface area (Å²) in [5.74, 6) is -9.77. The lowest BCUT2D eigenvalue weighted by atomic mass is 9.55. The first kappa shape index (κ1) is 22.1. The van der Waals surface area contributed by atoms with Crippen LogP contribution in [0.25, 0.3) is 5.57 Å². The minimum atomic E-state index is -4.76. The fraction of sp³-hybridized carbons (Fsp3) is 0.435. The van der Waals surface area contributed by atoms with E-state index in [1.807, 2.05) is 0 Å². The SMILES string of the molecule is C=C(c1ccc(O)c2c1CC1CC3CC(=O)C(C(C)=O)C(=O)C3C(=O)C1C2=O)C(F)(F)F. The highest BCUT2D eigenvalue weighted by atomic mass is 19.4. The molecular weight excluding hydrogens is 429 g/mol. The zero-order chi connectivity index (χ0) is 23.7. The Kier molecular flexibility index (Phi) is 4.98. The fourth-order valence-corrected chi connectivity index (χ4v) is 5.55. The maximum absolute atomic E-state index is 13.3. The van der Waals surface area contributed by atoms with Gasteiger partial charge in [0.15, 0.2) is 23.1 Å². The normalized spacial score (nSPS) is 29.8. The molecule has 0 amide bonds. The molecule has 1 N–H and O–H groups in total. The summed E-state index contributed by atoms with van der Waals surface area (Å²) in [6.45, 7) is 4.17. The molecule has 9 heteroatoms. The smallest absolute Gasteiger partial charge is 0.416 e. The molecule has 6 nitrogen and oxygen atoms in total. The van der Waals surface area contributed by atoms with E-state index in [4.69, 9.17) is 0 Å². The molecule has 3 aliphatic rings. The Labute approximate surface area is 180 Å². The second-order valence-electron chi connectivity index (χ2n) is 8.76. The quantitative estimate of drug-likeness (QED) is 0.698. The number of phenols is 1. The third kappa shape index (κ3) is 3.13. The third-order valence-corrected chi connectivity index (χ3v) is 6.90. The molecule has 0 spiro atoms. The number of fused-ring (bicyclic) bond motifs is 3. The van der Waals surface area contributed by atoms with E-state index in [0.717, 1.165) is 19.1 Å². The molecule has 168 valence electrons. The summed E-state index contributed by atoms with van der Waals surface area (Å²) in [6.07, 6.45) is -4.96. The molecule has 4 rings (SSSR count). The summed E-state index contributed by atoms with van der Waals surface area (Å²) < 4.78 is 39.9. The van der Waals surface area contributed by atoms with Crippen LogP contribution in [0.15, 0.2) is 18.7 Å². The number of Topliss-reactive ketones (excluding diaryl/α,β-unsaturated/α-hetero) is 5. The predicted molar refractivity (Wildman–Crippen MR) is 104 cm³/mol. The second kappa shape index (κ2) is 7.21. The van der Waals surface area contributed by atoms with E-state index in [2.05, 4.69) is 6.58 Å². The van der Waals surface area contributed by atoms with Crippen molar-refractivity contribution in [3.05, 3.63) is 35.4 Å². The van der Waals surface area contributed by atoms with Crippen LogP contribution in [0.1, 0.15) is 41.3 Å². The number of carbonyl (C=O) groups is 5. The predicted octanol–water partition coefficient (Wildman–Crippen LogP) is 2.89. The van der Waals surface area contributed by atoms with Crippen molar-refractivity contribution >= 4 is 34.5 Å². The van der Waals surface area contributed by atoms with Crippen LogP contribution >= 0.6 is 0 Å². The highest BCUT2D eigenvalue weighted by molar-refractivity contribution is 6.28. The van der Waals surface area contributed by atoms with Gasteiger partial charge in [-0.3, -0.25) is 24.0 Å². The zero-order valence-corrected chi connectivity index (χ0v) is 17.0. The van der Waals surface area contributed by atoms with E-state index in [1.54, 1.807) is 0 Å². The summed E-state index contributed by atoms with van der Waals surface area (Å²) in [5, 5.41) is 10.2. The molecule has 32 heavy (non-hydrogen) atoms. The second-order valence-corrected chi connectivity index (χ2v) is 8.76. The average Bonchev–Trinajstić information content (AvgIpc) is 2.65. The molecule has 0 heterocycles. The number of rotatable bonds is 2. The Morgan fingerprint density at radius 3 is 2.25 bits per heavy atom. The maximum Gasteiger partial charge on any atom is 0.416 e. The number of benzene rings is 1. The summed E-state index contributed by atoms with van der Waals surface area (Å²) in [4.78, 5) is 63.4. The largest absolute Gasteiger partial charge is 0.507 e. The number of hydrogen-bond donors (Lipinski definition) is 1. The van der Waals surface area contributed by atoms with Crippen molar-refractivity contribution in [3.63, 3.8) is 0 Å². The van der Waals surface area contributed by atoms with Gasteiger partial charge in [-0.05, 0) is 48.8 Å². The standard InChI is InChI=1S/C23H19F3O6/c1-8(23(24,25)26)12-3-4-14(28)19-13(12)6-10-5-11-7-15(29)16(9(2)27)20(30)18(11)21(31)17(10)22(19)32/h3-4,10-11,16-18,28H,1,5-7H2,2H3. The van der Waals surface area contributed by atoms with Gasteiger partial charge in [-0.15, -0.1) is 0 Å². The lowest BCUT2D eigenvalue weighted by Gasteiger charge is -2.44. The molecule has 0 aromatic heterocycles. The number of alkyl halides is 3. The van der Waals surface area contributed by atoms with Gasteiger partial charge < -0.3 is 5.11 Å². The van der Waals surface area contributed by atoms with Crippen molar-refractivity contribution in [2.75, 3.05) is 0 Å². The molecule has 2 fully saturated rings. The highest BCUT2D eigenvalue weighted by Gasteiger charge is 2.57. The van der Waals surface area contributed by atoms with Crippen LogP contribution in [0.2, 0.25) is 0 Å². The van der Waals surface area contributed by atoms with Gasteiger partial charge in [-0.25, -0.2) is 0 Å². The van der Waals surface area contributed by atoms with Crippen LogP contribution in [0.4, 0.5) is 13.2 Å². The number of carbonyl (C=O) groups excluding carboxylic acids is 5. The maximum atomic E-state index is 13.3. The average molecular weight is 448 g/mol. The molecule has 1 aromatic rings. The van der Waals surface area contributed by atoms with E-state index in [9.17, 15) is 42.3 Å². The minimum Gasteiger partial charge on any atom is -0.507 e. The summed E-state index contributed by atoms with van der Waals surface area (Å²) in [5.41, 5.74) is -1.92.